The maximum absolute atomic E-state index is 13.3. The molecular weight excluding hydrogens is 430 g/mol. The molecule has 2 N–H and O–H groups in total. The number of benzene rings is 1. The number of carbonyl (C=O) groups is 2. The van der Waals surface area contributed by atoms with Crippen LogP contribution in [0.2, 0.25) is 0 Å². The molecule has 0 saturated carbocycles. The summed E-state index contributed by atoms with van der Waals surface area (Å²) in [6.07, 6.45) is 4.35. The van der Waals surface area contributed by atoms with Gasteiger partial charge in [0.15, 0.2) is 17.3 Å². The molecule has 8 nitrogen and oxygen atoms in total. The predicted molar refractivity (Wildman–Crippen MR) is 124 cm³/mol. The van der Waals surface area contributed by atoms with Crippen LogP contribution in [0.1, 0.15) is 22.3 Å². The minimum atomic E-state index is -1.05. The summed E-state index contributed by atoms with van der Waals surface area (Å²) < 4.78 is 16.3. The fourth-order valence-electron chi connectivity index (χ4n) is 3.35. The number of rotatable bonds is 11. The first kappa shape index (κ1) is 25.0. The summed E-state index contributed by atoms with van der Waals surface area (Å²) in [7, 11) is 0. The molecule has 0 radical (unpaired) electrons. The summed E-state index contributed by atoms with van der Waals surface area (Å²) in [5.74, 6) is -0.0402. The number of hydrogen-bond donors (Lipinski definition) is 2. The van der Waals surface area contributed by atoms with Gasteiger partial charge in [-0.15, -0.1) is 0 Å². The molecule has 170 valence electrons. The first-order valence-electron chi connectivity index (χ1n) is 9.95. The van der Waals surface area contributed by atoms with E-state index in [2.05, 4.69) is 32.4 Å². The van der Waals surface area contributed by atoms with Gasteiger partial charge in [-0.2, -0.15) is 17.9 Å². The lowest BCUT2D eigenvalue weighted by molar-refractivity contribution is 0.0849. The van der Waals surface area contributed by atoms with Crippen LogP contribution in [0.25, 0.3) is 0 Å². The van der Waals surface area contributed by atoms with Crippen molar-refractivity contribution in [3.8, 4) is 17.6 Å². The van der Waals surface area contributed by atoms with Crippen molar-refractivity contribution in [1.29, 1.82) is 5.26 Å². The van der Waals surface area contributed by atoms with Crippen LogP contribution in [0.5, 0.6) is 11.5 Å². The Morgan fingerprint density at radius 1 is 1.22 bits per heavy atom. The average molecular weight is 458 g/mol. The molecule has 1 aromatic carbocycles. The van der Waals surface area contributed by atoms with Gasteiger partial charge < -0.3 is 24.8 Å². The first-order valence-corrected chi connectivity index (χ1v) is 10.5. The highest BCUT2D eigenvalue weighted by Gasteiger charge is 2.41. The number of nitriles is 1. The number of ketones is 1. The molecule has 0 bridgehead atoms. The number of likely N-dealkylation sites (tertiary alicyclic amines) is 1. The second kappa shape index (κ2) is 12.0. The molecule has 1 aromatic rings. The van der Waals surface area contributed by atoms with Gasteiger partial charge in [0.25, 0.3) is 0 Å². The Morgan fingerprint density at radius 3 is 2.50 bits per heavy atom. The molecule has 0 aliphatic carbocycles. The van der Waals surface area contributed by atoms with Gasteiger partial charge in [0.1, 0.15) is 25.9 Å². The van der Waals surface area contributed by atoms with Gasteiger partial charge in [-0.3, -0.25) is 4.79 Å². The zero-order valence-corrected chi connectivity index (χ0v) is 18.6. The van der Waals surface area contributed by atoms with Crippen LogP contribution in [0.4, 0.5) is 4.79 Å². The summed E-state index contributed by atoms with van der Waals surface area (Å²) in [6.45, 7) is 11.4. The largest absolute Gasteiger partial charge is 0.486 e. The van der Waals surface area contributed by atoms with Crippen molar-refractivity contribution in [3.63, 3.8) is 0 Å². The van der Waals surface area contributed by atoms with Crippen molar-refractivity contribution in [2.75, 3.05) is 26.4 Å². The van der Waals surface area contributed by atoms with E-state index in [0.29, 0.717) is 13.0 Å². The van der Waals surface area contributed by atoms with Gasteiger partial charge in [-0.1, -0.05) is 38.0 Å². The minimum absolute atomic E-state index is 0.0458. The summed E-state index contributed by atoms with van der Waals surface area (Å²) in [5.41, 5.74) is 6.58. The Balaban J connectivity index is 2.36. The van der Waals surface area contributed by atoms with Crippen LogP contribution in [-0.4, -0.2) is 60.5 Å². The number of ether oxygens (including phenoxy) is 3. The zero-order chi connectivity index (χ0) is 23.7. The molecule has 1 aliphatic heterocycles. The number of nitrogens with zero attached hydrogens (tertiary/aromatic N) is 2. The van der Waals surface area contributed by atoms with E-state index in [1.807, 2.05) is 6.07 Å². The molecule has 9 heteroatoms. The smallest absolute Gasteiger partial charge is 0.410 e. The van der Waals surface area contributed by atoms with Gasteiger partial charge in [0.05, 0.1) is 17.6 Å². The van der Waals surface area contributed by atoms with Crippen LogP contribution >= 0.6 is 12.6 Å². The Labute approximate surface area is 193 Å². The molecule has 3 unspecified atom stereocenters. The molecule has 0 spiro atoms. The van der Waals surface area contributed by atoms with Crippen molar-refractivity contribution in [2.24, 2.45) is 5.73 Å². The summed E-state index contributed by atoms with van der Waals surface area (Å²) in [6, 6.07) is 3.22. The Morgan fingerprint density at radius 2 is 1.88 bits per heavy atom. The summed E-state index contributed by atoms with van der Waals surface area (Å²) in [4.78, 5) is 27.1. The molecule has 1 aliphatic rings. The van der Waals surface area contributed by atoms with Crippen LogP contribution in [0.15, 0.2) is 50.1 Å². The highest BCUT2D eigenvalue weighted by Crippen LogP contribution is 2.34. The molecule has 1 amide bonds. The normalized spacial score (nSPS) is 18.2. The van der Waals surface area contributed by atoms with Crippen molar-refractivity contribution >= 4 is 24.5 Å². The summed E-state index contributed by atoms with van der Waals surface area (Å²) >= 11 is 4.45. The average Bonchev–Trinajstić information content (AvgIpc) is 3.20. The predicted octanol–water partition coefficient (Wildman–Crippen LogP) is 2.89. The van der Waals surface area contributed by atoms with Crippen molar-refractivity contribution in [1.82, 2.24) is 4.90 Å². The van der Waals surface area contributed by atoms with Gasteiger partial charge in [0, 0.05) is 17.4 Å². The number of amides is 1. The van der Waals surface area contributed by atoms with Crippen LogP contribution in [-0.2, 0) is 4.74 Å². The number of hydrogen-bond acceptors (Lipinski definition) is 8. The van der Waals surface area contributed by atoms with Crippen LogP contribution < -0.4 is 15.2 Å². The Kier molecular flexibility index (Phi) is 9.38. The standard InChI is InChI=1S/C23H27N3O5S/c1-4-7-29-19-11-15(10-16(13-24)22(19)30-8-5-2)21(27)20(25)18-12-17(32)14-26(18)23(28)31-9-6-3/h4-6,10-11,17-18,20,32H,1-3,7-9,12,14,25H2. The lowest BCUT2D eigenvalue weighted by Gasteiger charge is -2.28. The lowest BCUT2D eigenvalue weighted by atomic mass is 9.95. The number of nitrogens with two attached hydrogens (primary N) is 1. The Bertz CT molecular complexity index is 927. The fourth-order valence-corrected chi connectivity index (χ4v) is 3.74. The molecule has 3 atom stereocenters. The number of carbonyl (C=O) groups excluding carboxylic acids is 2. The first-order chi connectivity index (χ1) is 15.4. The van der Waals surface area contributed by atoms with E-state index in [-0.39, 0.29) is 47.7 Å². The van der Waals surface area contributed by atoms with Crippen LogP contribution in [0.3, 0.4) is 0 Å². The zero-order valence-electron chi connectivity index (χ0n) is 17.7. The van der Waals surface area contributed by atoms with E-state index < -0.39 is 24.0 Å². The Hall–Kier alpha value is -3.22. The van der Waals surface area contributed by atoms with Crippen LogP contribution in [0, 0.1) is 11.3 Å². The fraction of sp³-hybridized carbons (Fsp3) is 0.348. The van der Waals surface area contributed by atoms with E-state index >= 15 is 0 Å². The number of thiol groups is 1. The third-order valence-corrected chi connectivity index (χ3v) is 5.13. The SMILES string of the molecule is C=CCOC(=O)N1CC(S)CC1C(N)C(=O)c1cc(C#N)c(OCC=C)c(OCC=C)c1. The van der Waals surface area contributed by atoms with E-state index in [0.717, 1.165) is 0 Å². The number of Topliss-reactive ketones (excluding diaryl/α,β-unsaturated/α-hetero) is 1. The second-order valence-electron chi connectivity index (χ2n) is 7.03. The van der Waals surface area contributed by atoms with Gasteiger partial charge >= 0.3 is 6.09 Å². The quantitative estimate of drug-likeness (QED) is 0.298. The maximum atomic E-state index is 13.3. The molecule has 1 heterocycles. The molecule has 0 aromatic heterocycles. The van der Waals surface area contributed by atoms with Gasteiger partial charge in [-0.25, -0.2) is 4.79 Å². The van der Waals surface area contributed by atoms with E-state index in [1.54, 1.807) is 0 Å². The monoisotopic (exact) mass is 457 g/mol. The van der Waals surface area contributed by atoms with Gasteiger partial charge in [-0.05, 0) is 18.6 Å². The molecule has 2 rings (SSSR count). The summed E-state index contributed by atoms with van der Waals surface area (Å²) in [5, 5.41) is 9.45. The topological polar surface area (TPSA) is 115 Å². The second-order valence-corrected chi connectivity index (χ2v) is 7.76. The highest BCUT2D eigenvalue weighted by molar-refractivity contribution is 7.81. The third kappa shape index (κ3) is 5.93. The van der Waals surface area contributed by atoms with E-state index in [4.69, 9.17) is 19.9 Å². The maximum Gasteiger partial charge on any atom is 0.410 e. The van der Waals surface area contributed by atoms with E-state index in [1.165, 1.54) is 35.3 Å². The highest BCUT2D eigenvalue weighted by atomic mass is 32.1. The molecule has 1 saturated heterocycles. The lowest BCUT2D eigenvalue weighted by Crippen LogP contribution is -2.50. The third-order valence-electron chi connectivity index (χ3n) is 4.76. The van der Waals surface area contributed by atoms with E-state index in [9.17, 15) is 14.9 Å². The minimum Gasteiger partial charge on any atom is -0.486 e. The van der Waals surface area contributed by atoms with Crippen molar-refractivity contribution < 1.29 is 23.8 Å². The van der Waals surface area contributed by atoms with Crippen molar-refractivity contribution in [3.05, 3.63) is 61.2 Å². The molecule has 1 fully saturated rings. The van der Waals surface area contributed by atoms with Crippen molar-refractivity contribution in [2.45, 2.75) is 23.8 Å². The molecular formula is C23H27N3O5S. The molecule has 32 heavy (non-hydrogen) atoms. The van der Waals surface area contributed by atoms with Gasteiger partial charge in [0.2, 0.25) is 0 Å².